The minimum absolute atomic E-state index is 0.216. The molecule has 0 atom stereocenters. The molecule has 1 fully saturated rings. The first-order valence-corrected chi connectivity index (χ1v) is 9.55. The van der Waals surface area contributed by atoms with Gasteiger partial charge in [0.15, 0.2) is 5.82 Å². The van der Waals surface area contributed by atoms with Crippen LogP contribution in [0.5, 0.6) is 0 Å². The van der Waals surface area contributed by atoms with Crippen LogP contribution >= 0.6 is 0 Å². The minimum atomic E-state index is -0.216. The van der Waals surface area contributed by atoms with Gasteiger partial charge in [-0.05, 0) is 44.7 Å². The largest absolute Gasteiger partial charge is 0.337 e. The van der Waals surface area contributed by atoms with Gasteiger partial charge in [-0.25, -0.2) is 4.79 Å². The van der Waals surface area contributed by atoms with Gasteiger partial charge in [0.25, 0.3) is 0 Å². The zero-order chi connectivity index (χ0) is 18.5. The van der Waals surface area contributed by atoms with E-state index in [4.69, 9.17) is 0 Å². The highest BCUT2D eigenvalue weighted by Crippen LogP contribution is 2.28. The number of aryl methyl sites for hydroxylation is 3. The van der Waals surface area contributed by atoms with Crippen LogP contribution in [0.15, 0.2) is 18.5 Å². The van der Waals surface area contributed by atoms with Crippen molar-refractivity contribution in [2.45, 2.75) is 65.3 Å². The molecule has 140 valence electrons. The molecular weight excluding hydrogens is 326 g/mol. The van der Waals surface area contributed by atoms with Crippen LogP contribution in [0.4, 0.5) is 10.6 Å². The van der Waals surface area contributed by atoms with E-state index in [1.807, 2.05) is 30.9 Å². The van der Waals surface area contributed by atoms with Gasteiger partial charge in [0, 0.05) is 36.6 Å². The van der Waals surface area contributed by atoms with Crippen molar-refractivity contribution in [3.05, 3.63) is 40.8 Å². The molecule has 0 radical (unpaired) electrons. The maximum Gasteiger partial charge on any atom is 0.320 e. The molecule has 26 heavy (non-hydrogen) atoms. The number of pyridine rings is 1. The highest BCUT2D eigenvalue weighted by molar-refractivity contribution is 5.88. The van der Waals surface area contributed by atoms with Crippen molar-refractivity contribution in [3.63, 3.8) is 0 Å². The van der Waals surface area contributed by atoms with Crippen LogP contribution in [0.1, 0.15) is 60.5 Å². The number of anilines is 1. The number of hydrogen-bond acceptors (Lipinski definition) is 3. The molecule has 1 aliphatic rings. The molecule has 6 nitrogen and oxygen atoms in total. The summed E-state index contributed by atoms with van der Waals surface area (Å²) >= 11 is 0. The standard InChI is InChI=1S/C20H29N5O/c1-14-11-15(2)18(22-12-14)9-10-21-20(26)23-19-16(3)13-25(24-19)17-7-5-4-6-8-17/h11-13,17H,4-10H2,1-3H3,(H2,21,23,24,26). The van der Waals surface area contributed by atoms with Crippen molar-refractivity contribution in [1.82, 2.24) is 20.1 Å². The molecule has 0 aromatic carbocycles. The average molecular weight is 355 g/mol. The van der Waals surface area contributed by atoms with Crippen LogP contribution in [-0.4, -0.2) is 27.3 Å². The van der Waals surface area contributed by atoms with Gasteiger partial charge >= 0.3 is 6.03 Å². The van der Waals surface area contributed by atoms with E-state index in [-0.39, 0.29) is 6.03 Å². The van der Waals surface area contributed by atoms with E-state index in [1.165, 1.54) is 32.1 Å². The molecule has 2 aromatic rings. The molecule has 0 saturated heterocycles. The van der Waals surface area contributed by atoms with Gasteiger partial charge in [0.1, 0.15) is 0 Å². The number of hydrogen-bond donors (Lipinski definition) is 2. The summed E-state index contributed by atoms with van der Waals surface area (Å²) in [6.07, 6.45) is 10.8. The van der Waals surface area contributed by atoms with E-state index in [2.05, 4.69) is 33.7 Å². The molecule has 2 aromatic heterocycles. The lowest BCUT2D eigenvalue weighted by Gasteiger charge is -2.21. The summed E-state index contributed by atoms with van der Waals surface area (Å²) in [7, 11) is 0. The number of carbonyl (C=O) groups is 1. The fourth-order valence-corrected chi connectivity index (χ4v) is 3.59. The lowest BCUT2D eigenvalue weighted by molar-refractivity contribution is 0.252. The zero-order valence-corrected chi connectivity index (χ0v) is 16.0. The Kier molecular flexibility index (Phi) is 5.91. The van der Waals surface area contributed by atoms with Crippen LogP contribution < -0.4 is 10.6 Å². The van der Waals surface area contributed by atoms with Gasteiger partial charge in [0.2, 0.25) is 0 Å². The Bertz CT molecular complexity index is 762. The number of rotatable bonds is 5. The molecule has 0 aliphatic heterocycles. The van der Waals surface area contributed by atoms with E-state index >= 15 is 0 Å². The molecule has 0 bridgehead atoms. The van der Waals surface area contributed by atoms with Crippen molar-refractivity contribution in [2.24, 2.45) is 0 Å². The number of urea groups is 1. The van der Waals surface area contributed by atoms with Crippen molar-refractivity contribution >= 4 is 11.8 Å². The molecule has 2 amide bonds. The maximum absolute atomic E-state index is 12.2. The predicted octanol–water partition coefficient (Wildman–Crippen LogP) is 4.07. The monoisotopic (exact) mass is 355 g/mol. The summed E-state index contributed by atoms with van der Waals surface area (Å²) in [5.74, 6) is 0.651. The molecule has 1 saturated carbocycles. The fraction of sp³-hybridized carbons (Fsp3) is 0.550. The minimum Gasteiger partial charge on any atom is -0.337 e. The zero-order valence-electron chi connectivity index (χ0n) is 16.0. The van der Waals surface area contributed by atoms with Gasteiger partial charge in [-0.15, -0.1) is 0 Å². The van der Waals surface area contributed by atoms with Gasteiger partial charge in [0.05, 0.1) is 6.04 Å². The quantitative estimate of drug-likeness (QED) is 0.849. The highest BCUT2D eigenvalue weighted by atomic mass is 16.2. The smallest absolute Gasteiger partial charge is 0.320 e. The third-order valence-electron chi connectivity index (χ3n) is 5.07. The van der Waals surface area contributed by atoms with Crippen LogP contribution in [0, 0.1) is 20.8 Å². The van der Waals surface area contributed by atoms with E-state index < -0.39 is 0 Å². The number of nitrogens with one attached hydrogen (secondary N) is 2. The van der Waals surface area contributed by atoms with E-state index in [0.29, 0.717) is 18.4 Å². The Hall–Kier alpha value is -2.37. The predicted molar refractivity (Wildman–Crippen MR) is 104 cm³/mol. The van der Waals surface area contributed by atoms with Crippen molar-refractivity contribution in [1.29, 1.82) is 0 Å². The Labute approximate surface area is 155 Å². The lowest BCUT2D eigenvalue weighted by atomic mass is 9.96. The van der Waals surface area contributed by atoms with E-state index in [1.54, 1.807) is 0 Å². The van der Waals surface area contributed by atoms with E-state index in [9.17, 15) is 4.79 Å². The molecule has 2 N–H and O–H groups in total. The summed E-state index contributed by atoms with van der Waals surface area (Å²) in [6.45, 7) is 6.62. The van der Waals surface area contributed by atoms with Crippen molar-refractivity contribution < 1.29 is 4.79 Å². The fourth-order valence-electron chi connectivity index (χ4n) is 3.59. The SMILES string of the molecule is Cc1cnc(CCNC(=O)Nc2nn(C3CCCCC3)cc2C)c(C)c1. The molecule has 1 aliphatic carbocycles. The number of amides is 2. The third kappa shape index (κ3) is 4.62. The first-order valence-electron chi connectivity index (χ1n) is 9.55. The Morgan fingerprint density at radius 2 is 1.96 bits per heavy atom. The van der Waals surface area contributed by atoms with Crippen molar-refractivity contribution in [2.75, 3.05) is 11.9 Å². The first kappa shape index (κ1) is 18.4. The number of carbonyl (C=O) groups excluding carboxylic acids is 1. The first-order chi connectivity index (χ1) is 12.5. The van der Waals surface area contributed by atoms with Crippen LogP contribution in [0.2, 0.25) is 0 Å². The Morgan fingerprint density at radius 3 is 2.69 bits per heavy atom. The van der Waals surface area contributed by atoms with Gasteiger partial charge < -0.3 is 5.32 Å². The van der Waals surface area contributed by atoms with Gasteiger partial charge in [-0.1, -0.05) is 25.3 Å². The highest BCUT2D eigenvalue weighted by Gasteiger charge is 2.18. The van der Waals surface area contributed by atoms with Crippen LogP contribution in [-0.2, 0) is 6.42 Å². The van der Waals surface area contributed by atoms with Crippen molar-refractivity contribution in [3.8, 4) is 0 Å². The molecule has 0 unspecified atom stereocenters. The van der Waals surface area contributed by atoms with Gasteiger partial charge in [-0.2, -0.15) is 5.10 Å². The Balaban J connectivity index is 1.51. The topological polar surface area (TPSA) is 71.8 Å². The summed E-state index contributed by atoms with van der Waals surface area (Å²) in [5.41, 5.74) is 4.34. The van der Waals surface area contributed by atoms with Crippen LogP contribution in [0.3, 0.4) is 0 Å². The molecular formula is C20H29N5O. The normalized spacial score (nSPS) is 15.0. The number of nitrogens with zero attached hydrogens (tertiary/aromatic N) is 3. The second-order valence-corrected chi connectivity index (χ2v) is 7.34. The van der Waals surface area contributed by atoms with Gasteiger partial charge in [-0.3, -0.25) is 15.0 Å². The second-order valence-electron chi connectivity index (χ2n) is 7.34. The van der Waals surface area contributed by atoms with Crippen LogP contribution in [0.25, 0.3) is 0 Å². The summed E-state index contributed by atoms with van der Waals surface area (Å²) in [5, 5.41) is 10.4. The average Bonchev–Trinajstić information content (AvgIpc) is 2.98. The summed E-state index contributed by atoms with van der Waals surface area (Å²) in [4.78, 5) is 16.6. The third-order valence-corrected chi connectivity index (χ3v) is 5.07. The molecule has 0 spiro atoms. The summed E-state index contributed by atoms with van der Waals surface area (Å²) < 4.78 is 2.03. The molecule has 3 rings (SSSR count). The lowest BCUT2D eigenvalue weighted by Crippen LogP contribution is -2.31. The number of aromatic nitrogens is 3. The summed E-state index contributed by atoms with van der Waals surface area (Å²) in [6, 6.07) is 2.37. The Morgan fingerprint density at radius 1 is 1.19 bits per heavy atom. The molecule has 6 heteroatoms. The maximum atomic E-state index is 12.2. The van der Waals surface area contributed by atoms with E-state index in [0.717, 1.165) is 28.8 Å². The second kappa shape index (κ2) is 8.34. The molecule has 2 heterocycles.